The molecule has 1 aromatic heterocycles. The summed E-state index contributed by atoms with van der Waals surface area (Å²) >= 11 is 1.63. The third-order valence-corrected chi connectivity index (χ3v) is 2.97. The van der Waals surface area contributed by atoms with Crippen molar-refractivity contribution in [2.75, 3.05) is 5.75 Å². The lowest BCUT2D eigenvalue weighted by Crippen LogP contribution is -2.09. The molecule has 0 bridgehead atoms. The Morgan fingerprint density at radius 1 is 1.64 bits per heavy atom. The van der Waals surface area contributed by atoms with Crippen LogP contribution in [-0.4, -0.2) is 20.5 Å². The van der Waals surface area contributed by atoms with Gasteiger partial charge in [0, 0.05) is 12.8 Å². The molecule has 0 N–H and O–H groups in total. The molecule has 0 atom stereocenters. The van der Waals surface area contributed by atoms with Crippen molar-refractivity contribution in [1.82, 2.24) is 14.8 Å². The van der Waals surface area contributed by atoms with E-state index in [1.165, 1.54) is 6.33 Å². The smallest absolute Gasteiger partial charge is 0.185 e. The zero-order chi connectivity index (χ0) is 10.6. The van der Waals surface area contributed by atoms with Gasteiger partial charge in [-0.05, 0) is 20.3 Å². The first-order valence-electron chi connectivity index (χ1n) is 4.43. The molecule has 0 radical (unpaired) electrons. The minimum atomic E-state index is -0.244. The van der Waals surface area contributed by atoms with Crippen LogP contribution in [0.15, 0.2) is 11.5 Å². The van der Waals surface area contributed by atoms with E-state index in [-0.39, 0.29) is 5.41 Å². The first kappa shape index (κ1) is 11.1. The summed E-state index contributed by atoms with van der Waals surface area (Å²) in [6.45, 7) is 3.90. The molecule has 0 aromatic carbocycles. The monoisotopic (exact) mass is 210 g/mol. The van der Waals surface area contributed by atoms with Crippen molar-refractivity contribution in [3.63, 3.8) is 0 Å². The Morgan fingerprint density at radius 2 is 2.36 bits per heavy atom. The number of aromatic nitrogens is 3. The Labute approximate surface area is 88.3 Å². The number of nitriles is 1. The summed E-state index contributed by atoms with van der Waals surface area (Å²) in [6.07, 6.45) is 2.40. The second-order valence-electron chi connectivity index (χ2n) is 3.76. The molecule has 0 aliphatic carbocycles. The fourth-order valence-electron chi connectivity index (χ4n) is 0.870. The molecule has 0 spiro atoms. The fraction of sp³-hybridized carbons (Fsp3) is 0.667. The second-order valence-corrected chi connectivity index (χ2v) is 4.82. The number of hydrogen-bond donors (Lipinski definition) is 0. The number of rotatable bonds is 4. The molecule has 0 aliphatic rings. The van der Waals surface area contributed by atoms with E-state index in [0.29, 0.717) is 0 Å². The Bertz CT molecular complexity index is 337. The SMILES string of the molecule is Cn1ncnc1SCCC(C)(C)C#N. The van der Waals surface area contributed by atoms with E-state index >= 15 is 0 Å². The predicted octanol–water partition coefficient (Wildman–Crippen LogP) is 1.85. The molecule has 4 nitrogen and oxygen atoms in total. The Morgan fingerprint density at radius 3 is 2.86 bits per heavy atom. The normalized spacial score (nSPS) is 11.3. The average molecular weight is 210 g/mol. The minimum Gasteiger partial charge on any atom is -0.244 e. The van der Waals surface area contributed by atoms with E-state index in [2.05, 4.69) is 16.2 Å². The van der Waals surface area contributed by atoms with Crippen molar-refractivity contribution in [3.05, 3.63) is 6.33 Å². The molecule has 0 aliphatic heterocycles. The molecule has 0 saturated carbocycles. The van der Waals surface area contributed by atoms with Crippen LogP contribution in [0.3, 0.4) is 0 Å². The van der Waals surface area contributed by atoms with Crippen molar-refractivity contribution in [2.45, 2.75) is 25.4 Å². The fourth-order valence-corrected chi connectivity index (χ4v) is 2.02. The zero-order valence-electron chi connectivity index (χ0n) is 8.69. The maximum absolute atomic E-state index is 8.81. The summed E-state index contributed by atoms with van der Waals surface area (Å²) < 4.78 is 1.74. The first-order valence-corrected chi connectivity index (χ1v) is 5.42. The van der Waals surface area contributed by atoms with Gasteiger partial charge in [0.1, 0.15) is 6.33 Å². The summed E-state index contributed by atoms with van der Waals surface area (Å²) in [5.41, 5.74) is -0.244. The molecule has 0 fully saturated rings. The number of aryl methyl sites for hydroxylation is 1. The van der Waals surface area contributed by atoms with Crippen LogP contribution in [0.4, 0.5) is 0 Å². The number of thioether (sulfide) groups is 1. The van der Waals surface area contributed by atoms with Crippen LogP contribution >= 0.6 is 11.8 Å². The van der Waals surface area contributed by atoms with Crippen LogP contribution < -0.4 is 0 Å². The Kier molecular flexibility index (Phi) is 3.53. The van der Waals surface area contributed by atoms with Crippen LogP contribution in [0.5, 0.6) is 0 Å². The molecule has 76 valence electrons. The standard InChI is InChI=1S/C9H14N4S/c1-9(2,6-10)4-5-14-8-11-7-12-13(8)3/h7H,4-5H2,1-3H3. The molecule has 1 rings (SSSR count). The van der Waals surface area contributed by atoms with E-state index in [1.54, 1.807) is 16.4 Å². The zero-order valence-corrected chi connectivity index (χ0v) is 9.51. The molecule has 0 amide bonds. The van der Waals surface area contributed by atoms with Crippen molar-refractivity contribution >= 4 is 11.8 Å². The second kappa shape index (κ2) is 4.47. The highest BCUT2D eigenvalue weighted by Gasteiger charge is 2.16. The number of nitrogens with zero attached hydrogens (tertiary/aromatic N) is 4. The molecule has 1 aromatic rings. The molecular formula is C9H14N4S. The van der Waals surface area contributed by atoms with Crippen LogP contribution in [0, 0.1) is 16.7 Å². The quantitative estimate of drug-likeness (QED) is 0.712. The molecule has 0 saturated heterocycles. The van der Waals surface area contributed by atoms with Crippen LogP contribution in [0.2, 0.25) is 0 Å². The van der Waals surface area contributed by atoms with Crippen LogP contribution in [0.1, 0.15) is 20.3 Å². The maximum Gasteiger partial charge on any atom is 0.185 e. The van der Waals surface area contributed by atoms with Crippen LogP contribution in [-0.2, 0) is 7.05 Å². The van der Waals surface area contributed by atoms with E-state index in [1.807, 2.05) is 20.9 Å². The van der Waals surface area contributed by atoms with Gasteiger partial charge in [-0.3, -0.25) is 0 Å². The third-order valence-electron chi connectivity index (χ3n) is 1.93. The summed E-state index contributed by atoms with van der Waals surface area (Å²) in [5.74, 6) is 0.896. The van der Waals surface area contributed by atoms with Gasteiger partial charge in [-0.2, -0.15) is 10.4 Å². The lowest BCUT2D eigenvalue weighted by molar-refractivity contribution is 0.481. The summed E-state index contributed by atoms with van der Waals surface area (Å²) in [7, 11) is 1.87. The topological polar surface area (TPSA) is 54.5 Å². The van der Waals surface area contributed by atoms with E-state index in [9.17, 15) is 0 Å². The Balaban J connectivity index is 2.37. The lowest BCUT2D eigenvalue weighted by atomic mass is 9.93. The molecular weight excluding hydrogens is 196 g/mol. The average Bonchev–Trinajstić information content (AvgIpc) is 2.52. The van der Waals surface area contributed by atoms with Gasteiger partial charge in [0.15, 0.2) is 5.16 Å². The number of hydrogen-bond acceptors (Lipinski definition) is 4. The molecule has 1 heterocycles. The molecule has 14 heavy (non-hydrogen) atoms. The summed E-state index contributed by atoms with van der Waals surface area (Å²) in [4.78, 5) is 4.09. The van der Waals surface area contributed by atoms with Gasteiger partial charge in [-0.25, -0.2) is 9.67 Å². The summed E-state index contributed by atoms with van der Waals surface area (Å²) in [6, 6.07) is 2.28. The van der Waals surface area contributed by atoms with Gasteiger partial charge >= 0.3 is 0 Å². The molecule has 0 unspecified atom stereocenters. The van der Waals surface area contributed by atoms with E-state index in [4.69, 9.17) is 5.26 Å². The largest absolute Gasteiger partial charge is 0.244 e. The van der Waals surface area contributed by atoms with Gasteiger partial charge in [-0.15, -0.1) is 0 Å². The van der Waals surface area contributed by atoms with Crippen LogP contribution in [0.25, 0.3) is 0 Å². The highest BCUT2D eigenvalue weighted by molar-refractivity contribution is 7.99. The van der Waals surface area contributed by atoms with Gasteiger partial charge in [0.2, 0.25) is 0 Å². The van der Waals surface area contributed by atoms with Crippen molar-refractivity contribution < 1.29 is 0 Å². The molecule has 5 heteroatoms. The minimum absolute atomic E-state index is 0.244. The first-order chi connectivity index (χ1) is 6.55. The van der Waals surface area contributed by atoms with Gasteiger partial charge in [0.05, 0.1) is 11.5 Å². The van der Waals surface area contributed by atoms with Gasteiger partial charge < -0.3 is 0 Å². The highest BCUT2D eigenvalue weighted by atomic mass is 32.2. The van der Waals surface area contributed by atoms with Crippen molar-refractivity contribution in [1.29, 1.82) is 5.26 Å². The van der Waals surface area contributed by atoms with E-state index < -0.39 is 0 Å². The summed E-state index contributed by atoms with van der Waals surface area (Å²) in [5, 5.41) is 13.7. The van der Waals surface area contributed by atoms with Gasteiger partial charge in [-0.1, -0.05) is 11.8 Å². The Hall–Kier alpha value is -1.02. The predicted molar refractivity (Wildman–Crippen MR) is 55.7 cm³/mol. The maximum atomic E-state index is 8.81. The van der Waals surface area contributed by atoms with Crippen molar-refractivity contribution in [3.8, 4) is 6.07 Å². The van der Waals surface area contributed by atoms with E-state index in [0.717, 1.165) is 17.3 Å². The van der Waals surface area contributed by atoms with Crippen molar-refractivity contribution in [2.24, 2.45) is 12.5 Å². The highest BCUT2D eigenvalue weighted by Crippen LogP contribution is 2.24. The van der Waals surface area contributed by atoms with Gasteiger partial charge in [0.25, 0.3) is 0 Å². The lowest BCUT2D eigenvalue weighted by Gasteiger charge is -2.13. The third kappa shape index (κ3) is 3.04.